The normalized spacial score (nSPS) is 17.7. The van der Waals surface area contributed by atoms with Crippen LogP contribution in [0.2, 0.25) is 0 Å². The molecule has 0 aromatic carbocycles. The summed E-state index contributed by atoms with van der Waals surface area (Å²) in [6.07, 6.45) is 3.91. The molecule has 1 fully saturated rings. The van der Waals surface area contributed by atoms with Crippen LogP contribution in [0.3, 0.4) is 0 Å². The Kier molecular flexibility index (Phi) is 1.74. The summed E-state index contributed by atoms with van der Waals surface area (Å²) >= 11 is 4.94. The molecule has 1 aromatic heterocycles. The van der Waals surface area contributed by atoms with Crippen molar-refractivity contribution in [1.82, 2.24) is 10.2 Å². The van der Waals surface area contributed by atoms with Gasteiger partial charge in [-0.1, -0.05) is 11.3 Å². The average molecular weight is 219 g/mol. The minimum Gasteiger partial charge on any atom is -0.143 e. The highest BCUT2D eigenvalue weighted by Crippen LogP contribution is 2.33. The first-order valence-corrected chi connectivity index (χ1v) is 4.93. The van der Waals surface area contributed by atoms with E-state index in [0.29, 0.717) is 0 Å². The first kappa shape index (κ1) is 6.73. The van der Waals surface area contributed by atoms with Crippen molar-refractivity contribution >= 4 is 27.3 Å². The summed E-state index contributed by atoms with van der Waals surface area (Å²) in [5.74, 6) is 0.917. The lowest BCUT2D eigenvalue weighted by Gasteiger charge is -1.85. The van der Waals surface area contributed by atoms with Crippen LogP contribution in [-0.2, 0) is 6.42 Å². The lowest BCUT2D eigenvalue weighted by Crippen LogP contribution is -1.84. The standard InChI is InChI=1S/C6H7BrN2S/c7-6-9-8-5(10-6)3-4-1-2-4/h4H,1-3H2. The van der Waals surface area contributed by atoms with Crippen molar-refractivity contribution in [2.75, 3.05) is 0 Å². The highest BCUT2D eigenvalue weighted by atomic mass is 79.9. The molecule has 0 unspecified atom stereocenters. The summed E-state index contributed by atoms with van der Waals surface area (Å²) < 4.78 is 0.906. The minimum absolute atomic E-state index is 0.906. The fourth-order valence-corrected chi connectivity index (χ4v) is 2.20. The van der Waals surface area contributed by atoms with E-state index in [4.69, 9.17) is 0 Å². The third kappa shape index (κ3) is 1.55. The molecule has 0 aliphatic heterocycles. The van der Waals surface area contributed by atoms with Crippen LogP contribution in [0, 0.1) is 5.92 Å². The second kappa shape index (κ2) is 2.58. The van der Waals surface area contributed by atoms with E-state index < -0.39 is 0 Å². The quantitative estimate of drug-likeness (QED) is 0.762. The van der Waals surface area contributed by atoms with E-state index in [1.165, 1.54) is 17.8 Å². The molecular formula is C6H7BrN2S. The van der Waals surface area contributed by atoms with Crippen molar-refractivity contribution in [2.24, 2.45) is 5.92 Å². The molecule has 10 heavy (non-hydrogen) atoms. The van der Waals surface area contributed by atoms with Crippen molar-refractivity contribution in [3.8, 4) is 0 Å². The van der Waals surface area contributed by atoms with Gasteiger partial charge in [-0.3, -0.25) is 0 Å². The molecule has 0 saturated heterocycles. The van der Waals surface area contributed by atoms with Crippen LogP contribution in [0.15, 0.2) is 3.92 Å². The smallest absolute Gasteiger partial charge is 0.143 e. The van der Waals surface area contributed by atoms with Crippen LogP contribution in [0.4, 0.5) is 0 Å². The first-order valence-electron chi connectivity index (χ1n) is 3.32. The van der Waals surface area contributed by atoms with E-state index in [9.17, 15) is 0 Å². The third-order valence-electron chi connectivity index (χ3n) is 1.60. The van der Waals surface area contributed by atoms with Gasteiger partial charge in [0.2, 0.25) is 0 Å². The maximum atomic E-state index is 4.02. The predicted octanol–water partition coefficient (Wildman–Crippen LogP) is 2.25. The maximum absolute atomic E-state index is 4.02. The van der Waals surface area contributed by atoms with Crippen molar-refractivity contribution in [3.05, 3.63) is 8.92 Å². The van der Waals surface area contributed by atoms with Gasteiger partial charge in [-0.2, -0.15) is 0 Å². The van der Waals surface area contributed by atoms with Gasteiger partial charge in [0.1, 0.15) is 5.01 Å². The topological polar surface area (TPSA) is 25.8 Å². The summed E-state index contributed by atoms with van der Waals surface area (Å²) in [5.41, 5.74) is 0. The number of hydrogen-bond donors (Lipinski definition) is 0. The lowest BCUT2D eigenvalue weighted by molar-refractivity contribution is 0.806. The van der Waals surface area contributed by atoms with E-state index in [-0.39, 0.29) is 0 Å². The van der Waals surface area contributed by atoms with E-state index in [0.717, 1.165) is 16.3 Å². The monoisotopic (exact) mass is 218 g/mol. The van der Waals surface area contributed by atoms with E-state index >= 15 is 0 Å². The van der Waals surface area contributed by atoms with Crippen LogP contribution in [0.1, 0.15) is 17.8 Å². The van der Waals surface area contributed by atoms with Gasteiger partial charge in [-0.25, -0.2) is 0 Å². The molecule has 2 nitrogen and oxygen atoms in total. The first-order chi connectivity index (χ1) is 4.84. The minimum atomic E-state index is 0.906. The van der Waals surface area contributed by atoms with Crippen molar-refractivity contribution < 1.29 is 0 Å². The average Bonchev–Trinajstić information content (AvgIpc) is 2.59. The zero-order valence-corrected chi connectivity index (χ0v) is 7.78. The molecule has 1 aliphatic rings. The van der Waals surface area contributed by atoms with Gasteiger partial charge < -0.3 is 0 Å². The van der Waals surface area contributed by atoms with Crippen molar-refractivity contribution in [2.45, 2.75) is 19.3 Å². The van der Waals surface area contributed by atoms with Gasteiger partial charge in [0.25, 0.3) is 0 Å². The van der Waals surface area contributed by atoms with Crippen LogP contribution in [0.25, 0.3) is 0 Å². The lowest BCUT2D eigenvalue weighted by atomic mass is 10.3. The largest absolute Gasteiger partial charge is 0.183 e. The van der Waals surface area contributed by atoms with Gasteiger partial charge in [0.15, 0.2) is 3.92 Å². The summed E-state index contributed by atoms with van der Waals surface area (Å²) in [6, 6.07) is 0. The summed E-state index contributed by atoms with van der Waals surface area (Å²) in [5, 5.41) is 9.08. The molecule has 1 aliphatic carbocycles. The molecule has 1 heterocycles. The summed E-state index contributed by atoms with van der Waals surface area (Å²) in [7, 11) is 0. The number of halogens is 1. The zero-order chi connectivity index (χ0) is 6.97. The summed E-state index contributed by atoms with van der Waals surface area (Å²) in [6.45, 7) is 0. The molecular weight excluding hydrogens is 212 g/mol. The van der Waals surface area contributed by atoms with Crippen LogP contribution < -0.4 is 0 Å². The van der Waals surface area contributed by atoms with E-state index in [2.05, 4.69) is 26.1 Å². The maximum Gasteiger partial charge on any atom is 0.183 e. The SMILES string of the molecule is Brc1nnc(CC2CC2)s1. The molecule has 0 N–H and O–H groups in total. The number of rotatable bonds is 2. The second-order valence-corrected chi connectivity index (χ2v) is 4.93. The number of aromatic nitrogens is 2. The Labute approximate surface area is 71.8 Å². The van der Waals surface area contributed by atoms with Gasteiger partial charge in [-0.15, -0.1) is 10.2 Å². The highest BCUT2D eigenvalue weighted by molar-refractivity contribution is 9.11. The van der Waals surface area contributed by atoms with E-state index in [1.54, 1.807) is 11.3 Å². The van der Waals surface area contributed by atoms with E-state index in [1.807, 2.05) is 0 Å². The number of nitrogens with zero attached hydrogens (tertiary/aromatic N) is 2. The molecule has 1 saturated carbocycles. The molecule has 0 atom stereocenters. The Bertz CT molecular complexity index is 231. The Morgan fingerprint density at radius 3 is 2.80 bits per heavy atom. The van der Waals surface area contributed by atoms with Gasteiger partial charge in [0.05, 0.1) is 0 Å². The molecule has 54 valence electrons. The van der Waals surface area contributed by atoms with Crippen molar-refractivity contribution in [1.29, 1.82) is 0 Å². The van der Waals surface area contributed by atoms with Gasteiger partial charge in [-0.05, 0) is 34.7 Å². The third-order valence-corrected chi connectivity index (χ3v) is 2.98. The molecule has 0 radical (unpaired) electrons. The molecule has 2 rings (SSSR count). The molecule has 0 amide bonds. The molecule has 1 aromatic rings. The highest BCUT2D eigenvalue weighted by Gasteiger charge is 2.22. The molecule has 0 spiro atoms. The van der Waals surface area contributed by atoms with Crippen LogP contribution in [0.5, 0.6) is 0 Å². The molecule has 4 heteroatoms. The second-order valence-electron chi connectivity index (χ2n) is 2.60. The Balaban J connectivity index is 2.03. The van der Waals surface area contributed by atoms with Crippen LogP contribution in [-0.4, -0.2) is 10.2 Å². The Morgan fingerprint density at radius 1 is 1.50 bits per heavy atom. The van der Waals surface area contributed by atoms with Crippen molar-refractivity contribution in [3.63, 3.8) is 0 Å². The fourth-order valence-electron chi connectivity index (χ4n) is 0.885. The molecule has 0 bridgehead atoms. The predicted molar refractivity (Wildman–Crippen MR) is 44.0 cm³/mol. The fraction of sp³-hybridized carbons (Fsp3) is 0.667. The summed E-state index contributed by atoms with van der Waals surface area (Å²) in [4.78, 5) is 0. The zero-order valence-electron chi connectivity index (χ0n) is 5.38. The van der Waals surface area contributed by atoms with Crippen LogP contribution >= 0.6 is 27.3 Å². The Morgan fingerprint density at radius 2 is 2.30 bits per heavy atom. The Hall–Kier alpha value is 0.0400. The van der Waals surface area contributed by atoms with Gasteiger partial charge in [0, 0.05) is 6.42 Å². The number of hydrogen-bond acceptors (Lipinski definition) is 3. The van der Waals surface area contributed by atoms with Gasteiger partial charge >= 0.3 is 0 Å².